The maximum Gasteiger partial charge on any atom is 0.310 e. The van der Waals surface area contributed by atoms with Crippen molar-refractivity contribution in [1.82, 2.24) is 0 Å². The predicted molar refractivity (Wildman–Crippen MR) is 70.3 cm³/mol. The molecule has 2 atom stereocenters. The van der Waals surface area contributed by atoms with E-state index < -0.39 is 23.4 Å². The lowest BCUT2D eigenvalue weighted by atomic mass is 9.85. The third kappa shape index (κ3) is 6.03. The minimum atomic E-state index is -0.902. The van der Waals surface area contributed by atoms with Crippen molar-refractivity contribution in [2.45, 2.75) is 65.9 Å². The summed E-state index contributed by atoms with van der Waals surface area (Å²) in [5.74, 6) is -2.46. The highest BCUT2D eigenvalue weighted by atomic mass is 16.6. The Balaban J connectivity index is 4.90. The van der Waals surface area contributed by atoms with Gasteiger partial charge in [0.25, 0.3) is 0 Å². The lowest BCUT2D eigenvalue weighted by Gasteiger charge is -2.27. The summed E-state index contributed by atoms with van der Waals surface area (Å²) in [4.78, 5) is 23.4. The summed E-state index contributed by atoms with van der Waals surface area (Å²) in [6.07, 6.45) is 2.60. The third-order valence-corrected chi connectivity index (χ3v) is 2.71. The van der Waals surface area contributed by atoms with Crippen LogP contribution < -0.4 is 0 Å². The van der Waals surface area contributed by atoms with Gasteiger partial charge in [-0.05, 0) is 33.6 Å². The maximum absolute atomic E-state index is 12.1. The summed E-state index contributed by atoms with van der Waals surface area (Å²) >= 11 is 0. The minimum absolute atomic E-state index is 0.384. The van der Waals surface area contributed by atoms with Crippen LogP contribution in [-0.4, -0.2) is 22.6 Å². The highest BCUT2D eigenvalue weighted by molar-refractivity contribution is 5.81. The molecule has 18 heavy (non-hydrogen) atoms. The molecule has 0 aliphatic rings. The summed E-state index contributed by atoms with van der Waals surface area (Å²) in [6, 6.07) is 0. The van der Waals surface area contributed by atoms with Gasteiger partial charge in [0, 0.05) is 0 Å². The molecule has 106 valence electrons. The van der Waals surface area contributed by atoms with Gasteiger partial charge in [0.05, 0.1) is 11.8 Å². The van der Waals surface area contributed by atoms with Crippen molar-refractivity contribution >= 4 is 11.9 Å². The van der Waals surface area contributed by atoms with E-state index in [1.165, 1.54) is 0 Å². The van der Waals surface area contributed by atoms with Crippen molar-refractivity contribution in [1.29, 1.82) is 0 Å². The predicted octanol–water partition coefficient (Wildman–Crippen LogP) is 3.25. The van der Waals surface area contributed by atoms with Crippen LogP contribution in [0.25, 0.3) is 0 Å². The molecule has 0 aliphatic carbocycles. The van der Waals surface area contributed by atoms with Gasteiger partial charge in [0.2, 0.25) is 0 Å². The van der Waals surface area contributed by atoms with Gasteiger partial charge < -0.3 is 9.84 Å². The topological polar surface area (TPSA) is 63.6 Å². The zero-order valence-electron chi connectivity index (χ0n) is 12.2. The van der Waals surface area contributed by atoms with E-state index in [1.54, 1.807) is 20.8 Å². The van der Waals surface area contributed by atoms with Gasteiger partial charge in [0.15, 0.2) is 0 Å². The number of carbonyl (C=O) groups excluding carboxylic acids is 1. The average molecular weight is 258 g/mol. The number of carbonyl (C=O) groups is 2. The minimum Gasteiger partial charge on any atom is -0.481 e. The fourth-order valence-corrected chi connectivity index (χ4v) is 1.98. The zero-order valence-corrected chi connectivity index (χ0v) is 12.2. The van der Waals surface area contributed by atoms with Crippen molar-refractivity contribution in [2.24, 2.45) is 11.8 Å². The molecule has 0 amide bonds. The van der Waals surface area contributed by atoms with E-state index in [9.17, 15) is 14.7 Å². The number of hydrogen-bond donors (Lipinski definition) is 1. The van der Waals surface area contributed by atoms with E-state index >= 15 is 0 Å². The molecule has 0 heterocycles. The van der Waals surface area contributed by atoms with Gasteiger partial charge in [-0.15, -0.1) is 0 Å². The lowest BCUT2D eigenvalue weighted by Crippen LogP contribution is -2.35. The summed E-state index contributed by atoms with van der Waals surface area (Å²) in [5.41, 5.74) is -0.571. The zero-order chi connectivity index (χ0) is 14.3. The summed E-state index contributed by atoms with van der Waals surface area (Å²) in [7, 11) is 0. The SMILES string of the molecule is CCCC(C(=O)O)C(CCC)C(=O)OC(C)(C)C. The van der Waals surface area contributed by atoms with Crippen LogP contribution in [0, 0.1) is 11.8 Å². The monoisotopic (exact) mass is 258 g/mol. The number of aliphatic carboxylic acids is 1. The summed E-state index contributed by atoms with van der Waals surface area (Å²) in [6.45, 7) is 9.26. The smallest absolute Gasteiger partial charge is 0.310 e. The first-order valence-corrected chi connectivity index (χ1v) is 6.68. The standard InChI is InChI=1S/C14H26O4/c1-6-8-10(12(15)16)11(9-7-2)13(17)18-14(3,4)5/h10-11H,6-9H2,1-5H3,(H,15,16). The Kier molecular flexibility index (Phi) is 6.96. The molecule has 0 aromatic carbocycles. The number of rotatable bonds is 7. The molecule has 2 unspecified atom stereocenters. The quantitative estimate of drug-likeness (QED) is 0.712. The van der Waals surface area contributed by atoms with Gasteiger partial charge in [-0.2, -0.15) is 0 Å². The molecule has 0 spiro atoms. The molecule has 0 radical (unpaired) electrons. The van der Waals surface area contributed by atoms with Gasteiger partial charge in [-0.1, -0.05) is 26.7 Å². The largest absolute Gasteiger partial charge is 0.481 e. The van der Waals surface area contributed by atoms with Crippen molar-refractivity contribution in [2.75, 3.05) is 0 Å². The molecular formula is C14H26O4. The van der Waals surface area contributed by atoms with Crippen LogP contribution >= 0.6 is 0 Å². The third-order valence-electron chi connectivity index (χ3n) is 2.71. The van der Waals surface area contributed by atoms with E-state index in [4.69, 9.17) is 4.74 Å². The Morgan fingerprint density at radius 3 is 1.83 bits per heavy atom. The molecule has 0 aromatic heterocycles. The van der Waals surface area contributed by atoms with Crippen LogP contribution in [0.2, 0.25) is 0 Å². The van der Waals surface area contributed by atoms with Crippen LogP contribution in [0.1, 0.15) is 60.3 Å². The Morgan fingerprint density at radius 1 is 1.06 bits per heavy atom. The Morgan fingerprint density at radius 2 is 1.50 bits per heavy atom. The molecule has 0 aromatic rings. The Bertz CT molecular complexity index is 278. The van der Waals surface area contributed by atoms with Gasteiger partial charge in [0.1, 0.15) is 5.60 Å². The Labute approximate surface area is 110 Å². The first-order chi connectivity index (χ1) is 8.22. The van der Waals surface area contributed by atoms with E-state index in [0.29, 0.717) is 12.8 Å². The molecule has 0 saturated heterocycles. The van der Waals surface area contributed by atoms with Crippen LogP contribution in [0.3, 0.4) is 0 Å². The first kappa shape index (κ1) is 16.9. The van der Waals surface area contributed by atoms with Crippen LogP contribution in [0.15, 0.2) is 0 Å². The second kappa shape index (κ2) is 7.39. The number of hydrogen-bond acceptors (Lipinski definition) is 3. The molecule has 0 saturated carbocycles. The number of ether oxygens (including phenoxy) is 1. The molecule has 0 fully saturated rings. The fourth-order valence-electron chi connectivity index (χ4n) is 1.98. The highest BCUT2D eigenvalue weighted by Gasteiger charge is 2.35. The van der Waals surface area contributed by atoms with Crippen LogP contribution in [0.4, 0.5) is 0 Å². The molecule has 0 rings (SSSR count). The van der Waals surface area contributed by atoms with Crippen LogP contribution in [-0.2, 0) is 14.3 Å². The van der Waals surface area contributed by atoms with Crippen LogP contribution in [0.5, 0.6) is 0 Å². The van der Waals surface area contributed by atoms with E-state index in [-0.39, 0.29) is 5.97 Å². The Hall–Kier alpha value is -1.06. The first-order valence-electron chi connectivity index (χ1n) is 6.68. The molecular weight excluding hydrogens is 232 g/mol. The summed E-state index contributed by atoms with van der Waals surface area (Å²) < 4.78 is 5.33. The normalized spacial score (nSPS) is 14.9. The van der Waals surface area contributed by atoms with E-state index in [1.807, 2.05) is 13.8 Å². The second-order valence-electron chi connectivity index (χ2n) is 5.66. The van der Waals surface area contributed by atoms with Gasteiger partial charge in [-0.3, -0.25) is 9.59 Å². The molecule has 4 nitrogen and oxygen atoms in total. The van der Waals surface area contributed by atoms with E-state index in [0.717, 1.165) is 12.8 Å². The van der Waals surface area contributed by atoms with E-state index in [2.05, 4.69) is 0 Å². The molecule has 1 N–H and O–H groups in total. The van der Waals surface area contributed by atoms with Crippen molar-refractivity contribution < 1.29 is 19.4 Å². The van der Waals surface area contributed by atoms with Gasteiger partial charge in [-0.25, -0.2) is 0 Å². The summed E-state index contributed by atoms with van der Waals surface area (Å²) in [5, 5.41) is 9.24. The van der Waals surface area contributed by atoms with Gasteiger partial charge >= 0.3 is 11.9 Å². The van der Waals surface area contributed by atoms with Crippen molar-refractivity contribution in [3.63, 3.8) is 0 Å². The second-order valence-corrected chi connectivity index (χ2v) is 5.66. The number of esters is 1. The number of carboxylic acid groups (broad SMARTS) is 1. The maximum atomic E-state index is 12.1. The fraction of sp³-hybridized carbons (Fsp3) is 0.857. The average Bonchev–Trinajstić information content (AvgIpc) is 2.20. The highest BCUT2D eigenvalue weighted by Crippen LogP contribution is 2.26. The molecule has 4 heteroatoms. The molecule has 0 bridgehead atoms. The van der Waals surface area contributed by atoms with Crippen molar-refractivity contribution in [3.8, 4) is 0 Å². The molecule has 0 aliphatic heterocycles. The lowest BCUT2D eigenvalue weighted by molar-refractivity contribution is -0.167. The number of carboxylic acids is 1. The van der Waals surface area contributed by atoms with Crippen molar-refractivity contribution in [3.05, 3.63) is 0 Å².